The summed E-state index contributed by atoms with van der Waals surface area (Å²) in [7, 11) is 0. The van der Waals surface area contributed by atoms with Crippen LogP contribution in [0.25, 0.3) is 0 Å². The van der Waals surface area contributed by atoms with Gasteiger partial charge < -0.3 is 5.11 Å². The highest BCUT2D eigenvalue weighted by Crippen LogP contribution is 2.25. The van der Waals surface area contributed by atoms with Crippen molar-refractivity contribution in [3.05, 3.63) is 59.7 Å². The van der Waals surface area contributed by atoms with E-state index in [-0.39, 0.29) is 12.5 Å². The summed E-state index contributed by atoms with van der Waals surface area (Å²) in [6.45, 7) is 0.217. The van der Waals surface area contributed by atoms with E-state index in [1.807, 2.05) is 18.2 Å². The molecule has 0 aliphatic heterocycles. The Morgan fingerprint density at radius 1 is 1.20 bits per heavy atom. The lowest BCUT2D eigenvalue weighted by molar-refractivity contribution is 0.265. The molecule has 1 atom stereocenters. The maximum Gasteiger partial charge on any atom is 0.0502 e. The van der Waals surface area contributed by atoms with Crippen molar-refractivity contribution in [1.82, 2.24) is 0 Å². The molecule has 1 aromatic carbocycles. The van der Waals surface area contributed by atoms with Gasteiger partial charge in [-0.3, -0.25) is 0 Å². The van der Waals surface area contributed by atoms with Crippen LogP contribution in [0, 0.1) is 0 Å². The van der Waals surface area contributed by atoms with Gasteiger partial charge in [-0.05, 0) is 18.4 Å². The first kappa shape index (κ1) is 10.2. The maximum atomic E-state index is 9.39. The summed E-state index contributed by atoms with van der Waals surface area (Å²) in [5.41, 5.74) is 2.57. The van der Waals surface area contributed by atoms with Crippen molar-refractivity contribution < 1.29 is 5.11 Å². The Kier molecular flexibility index (Phi) is 3.36. The third kappa shape index (κ3) is 2.57. The first-order valence-electron chi connectivity index (χ1n) is 5.41. The highest BCUT2D eigenvalue weighted by atomic mass is 16.3. The van der Waals surface area contributed by atoms with Crippen molar-refractivity contribution in [2.75, 3.05) is 6.61 Å². The molecule has 0 saturated heterocycles. The molecule has 15 heavy (non-hydrogen) atoms. The topological polar surface area (TPSA) is 20.2 Å². The van der Waals surface area contributed by atoms with E-state index in [1.165, 1.54) is 11.1 Å². The second kappa shape index (κ2) is 4.94. The first-order chi connectivity index (χ1) is 7.40. The van der Waals surface area contributed by atoms with Crippen molar-refractivity contribution >= 4 is 0 Å². The Morgan fingerprint density at radius 2 is 2.00 bits per heavy atom. The lowest BCUT2D eigenvalue weighted by Crippen LogP contribution is -2.04. The van der Waals surface area contributed by atoms with Crippen LogP contribution in [-0.2, 0) is 0 Å². The highest BCUT2D eigenvalue weighted by Gasteiger charge is 2.12. The molecule has 1 aliphatic rings. The number of hydrogen-bond donors (Lipinski definition) is 1. The Bertz CT molecular complexity index is 362. The normalized spacial score (nSPS) is 16.5. The van der Waals surface area contributed by atoms with Crippen LogP contribution >= 0.6 is 0 Å². The van der Waals surface area contributed by atoms with Crippen LogP contribution in [-0.4, -0.2) is 11.7 Å². The van der Waals surface area contributed by atoms with E-state index in [0.29, 0.717) is 0 Å². The standard InChI is InChI=1S/C14H16O/c15-11-14(10-12-6-4-5-7-12)13-8-2-1-3-9-13/h1-4,6-9,14-15H,5,10-11H2. The predicted molar refractivity (Wildman–Crippen MR) is 62.7 cm³/mol. The fourth-order valence-electron chi connectivity index (χ4n) is 1.96. The number of allylic oxidation sites excluding steroid dienone is 4. The Hall–Kier alpha value is -1.34. The summed E-state index contributed by atoms with van der Waals surface area (Å²) in [5.74, 6) is 0.236. The minimum absolute atomic E-state index is 0.217. The summed E-state index contributed by atoms with van der Waals surface area (Å²) in [5, 5.41) is 9.39. The van der Waals surface area contributed by atoms with Gasteiger partial charge in [-0.2, -0.15) is 0 Å². The number of hydrogen-bond acceptors (Lipinski definition) is 1. The molecular weight excluding hydrogens is 184 g/mol. The second-order valence-corrected chi connectivity index (χ2v) is 3.91. The second-order valence-electron chi connectivity index (χ2n) is 3.91. The van der Waals surface area contributed by atoms with E-state index in [4.69, 9.17) is 0 Å². The van der Waals surface area contributed by atoms with Gasteiger partial charge in [0.25, 0.3) is 0 Å². The van der Waals surface area contributed by atoms with Gasteiger partial charge in [-0.25, -0.2) is 0 Å². The van der Waals surface area contributed by atoms with Gasteiger partial charge in [-0.15, -0.1) is 0 Å². The Balaban J connectivity index is 2.07. The largest absolute Gasteiger partial charge is 0.396 e. The van der Waals surface area contributed by atoms with Gasteiger partial charge in [-0.1, -0.05) is 54.1 Å². The van der Waals surface area contributed by atoms with Gasteiger partial charge in [0.05, 0.1) is 6.61 Å². The molecule has 1 heteroatoms. The van der Waals surface area contributed by atoms with Crippen LogP contribution in [0.3, 0.4) is 0 Å². The van der Waals surface area contributed by atoms with Crippen LogP contribution in [0.1, 0.15) is 24.3 Å². The molecule has 0 bridgehead atoms. The minimum atomic E-state index is 0.217. The van der Waals surface area contributed by atoms with E-state index < -0.39 is 0 Å². The number of aliphatic hydroxyl groups excluding tert-OH is 1. The Labute approximate surface area is 90.8 Å². The molecule has 0 spiro atoms. The van der Waals surface area contributed by atoms with Crippen molar-refractivity contribution in [3.8, 4) is 0 Å². The van der Waals surface area contributed by atoms with Gasteiger partial charge in [0, 0.05) is 5.92 Å². The Morgan fingerprint density at radius 3 is 2.60 bits per heavy atom. The quantitative estimate of drug-likeness (QED) is 0.792. The summed E-state index contributed by atoms with van der Waals surface area (Å²) < 4.78 is 0. The van der Waals surface area contributed by atoms with Gasteiger partial charge in [0.2, 0.25) is 0 Å². The van der Waals surface area contributed by atoms with Crippen molar-refractivity contribution in [2.24, 2.45) is 0 Å². The molecule has 1 N–H and O–H groups in total. The zero-order valence-corrected chi connectivity index (χ0v) is 8.76. The molecular formula is C14H16O. The summed E-state index contributed by atoms with van der Waals surface area (Å²) in [6, 6.07) is 10.2. The molecule has 0 fully saturated rings. The van der Waals surface area contributed by atoms with Gasteiger partial charge >= 0.3 is 0 Å². The third-order valence-corrected chi connectivity index (χ3v) is 2.82. The molecule has 1 nitrogen and oxygen atoms in total. The molecule has 1 aliphatic carbocycles. The molecule has 0 heterocycles. The summed E-state index contributed by atoms with van der Waals surface area (Å²) in [6.07, 6.45) is 8.53. The van der Waals surface area contributed by atoms with E-state index in [9.17, 15) is 5.11 Å². The predicted octanol–water partition coefficient (Wildman–Crippen LogP) is 3.04. The molecule has 2 rings (SSSR count). The molecule has 1 unspecified atom stereocenters. The van der Waals surface area contributed by atoms with Gasteiger partial charge in [0.15, 0.2) is 0 Å². The van der Waals surface area contributed by atoms with Gasteiger partial charge in [0.1, 0.15) is 0 Å². The zero-order valence-electron chi connectivity index (χ0n) is 8.76. The average Bonchev–Trinajstić information content (AvgIpc) is 2.80. The van der Waals surface area contributed by atoms with Crippen LogP contribution in [0.4, 0.5) is 0 Å². The number of rotatable bonds is 4. The van der Waals surface area contributed by atoms with E-state index in [2.05, 4.69) is 30.4 Å². The summed E-state index contributed by atoms with van der Waals surface area (Å²) in [4.78, 5) is 0. The van der Waals surface area contributed by atoms with Crippen LogP contribution in [0.5, 0.6) is 0 Å². The smallest absolute Gasteiger partial charge is 0.0502 e. The van der Waals surface area contributed by atoms with E-state index in [1.54, 1.807) is 0 Å². The third-order valence-electron chi connectivity index (χ3n) is 2.82. The molecule has 0 aromatic heterocycles. The maximum absolute atomic E-state index is 9.39. The first-order valence-corrected chi connectivity index (χ1v) is 5.41. The van der Waals surface area contributed by atoms with Crippen LogP contribution in [0.15, 0.2) is 54.1 Å². The highest BCUT2D eigenvalue weighted by molar-refractivity contribution is 5.30. The molecule has 0 saturated carbocycles. The van der Waals surface area contributed by atoms with Crippen molar-refractivity contribution in [2.45, 2.75) is 18.8 Å². The van der Waals surface area contributed by atoms with E-state index >= 15 is 0 Å². The summed E-state index contributed by atoms with van der Waals surface area (Å²) >= 11 is 0. The van der Waals surface area contributed by atoms with Crippen LogP contribution < -0.4 is 0 Å². The molecule has 0 amide bonds. The van der Waals surface area contributed by atoms with Crippen LogP contribution in [0.2, 0.25) is 0 Å². The lowest BCUT2D eigenvalue weighted by atomic mass is 9.93. The zero-order chi connectivity index (χ0) is 10.5. The van der Waals surface area contributed by atoms with Crippen molar-refractivity contribution in [3.63, 3.8) is 0 Å². The van der Waals surface area contributed by atoms with E-state index in [0.717, 1.165) is 12.8 Å². The molecule has 0 radical (unpaired) electrons. The van der Waals surface area contributed by atoms with Crippen molar-refractivity contribution in [1.29, 1.82) is 0 Å². The molecule has 1 aromatic rings. The monoisotopic (exact) mass is 200 g/mol. The lowest BCUT2D eigenvalue weighted by Gasteiger charge is -2.14. The minimum Gasteiger partial charge on any atom is -0.396 e. The SMILES string of the molecule is OCC(CC1=CCC=C1)c1ccccc1. The average molecular weight is 200 g/mol. The fraction of sp³-hybridized carbons (Fsp3) is 0.286. The fourth-order valence-corrected chi connectivity index (χ4v) is 1.96. The number of benzene rings is 1. The molecule has 78 valence electrons. The number of aliphatic hydroxyl groups is 1.